The van der Waals surface area contributed by atoms with Crippen LogP contribution in [0.3, 0.4) is 0 Å². The van der Waals surface area contributed by atoms with E-state index < -0.39 is 0 Å². The Bertz CT molecular complexity index is 1160. The number of methoxy groups -OCH3 is 1. The molecule has 0 bridgehead atoms. The van der Waals surface area contributed by atoms with Gasteiger partial charge in [-0.25, -0.2) is 4.98 Å². The Hall–Kier alpha value is -3.64. The predicted octanol–water partition coefficient (Wildman–Crippen LogP) is 6.13. The van der Waals surface area contributed by atoms with Crippen LogP contribution >= 0.6 is 11.3 Å². The van der Waals surface area contributed by atoms with Crippen LogP contribution in [-0.2, 0) is 11.2 Å². The molecule has 5 nitrogen and oxygen atoms in total. The van der Waals surface area contributed by atoms with Crippen molar-refractivity contribution < 1.29 is 9.53 Å². The number of hydrogen-bond donors (Lipinski definition) is 2. The topological polar surface area (TPSA) is 63.2 Å². The molecular formula is C25H23N3O2S. The van der Waals surface area contributed by atoms with E-state index in [9.17, 15) is 4.79 Å². The lowest BCUT2D eigenvalue weighted by atomic mass is 10.1. The molecular weight excluding hydrogens is 406 g/mol. The van der Waals surface area contributed by atoms with Gasteiger partial charge in [0, 0.05) is 34.8 Å². The summed E-state index contributed by atoms with van der Waals surface area (Å²) in [5.74, 6) is 0.789. The fraction of sp³-hybridized carbons (Fsp3) is 0.120. The number of ether oxygens (including phenoxy) is 1. The van der Waals surface area contributed by atoms with E-state index in [0.29, 0.717) is 6.42 Å². The molecule has 3 aromatic carbocycles. The van der Waals surface area contributed by atoms with Crippen LogP contribution in [0.15, 0.2) is 84.2 Å². The average Bonchev–Trinajstić information content (AvgIpc) is 3.27. The minimum atomic E-state index is -0.000313. The number of benzene rings is 3. The second-order valence-corrected chi connectivity index (χ2v) is 7.87. The number of nitrogens with one attached hydrogen (secondary N) is 2. The van der Waals surface area contributed by atoms with Gasteiger partial charge in [-0.2, -0.15) is 0 Å². The Kier molecular flexibility index (Phi) is 6.59. The van der Waals surface area contributed by atoms with E-state index in [2.05, 4.69) is 15.6 Å². The third-order valence-electron chi connectivity index (χ3n) is 4.75. The molecule has 1 aromatic heterocycles. The zero-order valence-corrected chi connectivity index (χ0v) is 18.0. The van der Waals surface area contributed by atoms with Gasteiger partial charge >= 0.3 is 0 Å². The summed E-state index contributed by atoms with van der Waals surface area (Å²) in [5.41, 5.74) is 4.65. The molecule has 0 aliphatic carbocycles. The molecule has 6 heteroatoms. The summed E-state index contributed by atoms with van der Waals surface area (Å²) in [6.07, 6.45) is 1.16. The van der Waals surface area contributed by atoms with E-state index in [1.54, 1.807) is 7.11 Å². The number of thiazole rings is 1. The minimum Gasteiger partial charge on any atom is -0.497 e. The molecule has 156 valence electrons. The Balaban J connectivity index is 1.39. The highest BCUT2D eigenvalue weighted by Crippen LogP contribution is 2.29. The fourth-order valence-electron chi connectivity index (χ4n) is 3.17. The molecule has 4 rings (SSSR count). The average molecular weight is 430 g/mol. The highest BCUT2D eigenvalue weighted by Gasteiger charge is 2.08. The smallest absolute Gasteiger partial charge is 0.224 e. The number of hydrogen-bond acceptors (Lipinski definition) is 5. The molecule has 0 aliphatic rings. The zero-order valence-electron chi connectivity index (χ0n) is 17.2. The first-order chi connectivity index (χ1) is 15.2. The van der Waals surface area contributed by atoms with E-state index in [4.69, 9.17) is 4.74 Å². The number of nitrogens with zero attached hydrogens (tertiary/aromatic N) is 1. The van der Waals surface area contributed by atoms with Crippen LogP contribution in [-0.4, -0.2) is 18.0 Å². The van der Waals surface area contributed by atoms with Crippen molar-refractivity contribution in [2.45, 2.75) is 12.8 Å². The van der Waals surface area contributed by atoms with Crippen molar-refractivity contribution in [1.29, 1.82) is 0 Å². The predicted molar refractivity (Wildman–Crippen MR) is 127 cm³/mol. The SMILES string of the molecule is COc1cccc(Nc2nc(-c3cccc(NC(=O)CCc4ccccc4)c3)cs2)c1. The summed E-state index contributed by atoms with van der Waals surface area (Å²) < 4.78 is 5.26. The van der Waals surface area contributed by atoms with Crippen LogP contribution in [0.5, 0.6) is 5.75 Å². The quantitative estimate of drug-likeness (QED) is 0.353. The van der Waals surface area contributed by atoms with Gasteiger partial charge in [-0.15, -0.1) is 11.3 Å². The van der Waals surface area contributed by atoms with E-state index >= 15 is 0 Å². The van der Waals surface area contributed by atoms with E-state index in [0.717, 1.165) is 45.5 Å². The molecule has 31 heavy (non-hydrogen) atoms. The number of rotatable bonds is 8. The fourth-order valence-corrected chi connectivity index (χ4v) is 3.91. The van der Waals surface area contributed by atoms with Gasteiger partial charge in [0.25, 0.3) is 0 Å². The van der Waals surface area contributed by atoms with Crippen molar-refractivity contribution in [1.82, 2.24) is 4.98 Å². The standard InChI is InChI=1S/C25H23N3O2S/c1-30-22-12-6-11-21(16-22)27-25-28-23(17-31-25)19-9-5-10-20(15-19)26-24(29)14-13-18-7-3-2-4-8-18/h2-12,15-17H,13-14H2,1H3,(H,26,29)(H,27,28). The van der Waals surface area contributed by atoms with Crippen LogP contribution in [0.1, 0.15) is 12.0 Å². The van der Waals surface area contributed by atoms with Gasteiger partial charge in [0.2, 0.25) is 5.91 Å². The van der Waals surface area contributed by atoms with E-state index in [-0.39, 0.29) is 5.91 Å². The maximum absolute atomic E-state index is 12.3. The van der Waals surface area contributed by atoms with Crippen LogP contribution in [0, 0.1) is 0 Å². The largest absolute Gasteiger partial charge is 0.497 e. The molecule has 0 fully saturated rings. The number of amides is 1. The zero-order chi connectivity index (χ0) is 21.5. The van der Waals surface area contributed by atoms with Crippen LogP contribution in [0.4, 0.5) is 16.5 Å². The molecule has 2 N–H and O–H groups in total. The van der Waals surface area contributed by atoms with Crippen LogP contribution in [0.2, 0.25) is 0 Å². The number of carbonyl (C=O) groups is 1. The molecule has 0 unspecified atom stereocenters. The third-order valence-corrected chi connectivity index (χ3v) is 5.51. The van der Waals surface area contributed by atoms with Crippen LogP contribution < -0.4 is 15.4 Å². The maximum atomic E-state index is 12.3. The van der Waals surface area contributed by atoms with Crippen molar-refractivity contribution in [3.8, 4) is 17.0 Å². The van der Waals surface area contributed by atoms with Gasteiger partial charge in [-0.05, 0) is 36.2 Å². The number of aromatic nitrogens is 1. The second-order valence-electron chi connectivity index (χ2n) is 7.01. The monoisotopic (exact) mass is 429 g/mol. The summed E-state index contributed by atoms with van der Waals surface area (Å²) in [6.45, 7) is 0. The Labute approximate surface area is 185 Å². The summed E-state index contributed by atoms with van der Waals surface area (Å²) in [4.78, 5) is 17.0. The Morgan fingerprint density at radius 2 is 1.77 bits per heavy atom. The second kappa shape index (κ2) is 9.91. The highest BCUT2D eigenvalue weighted by molar-refractivity contribution is 7.14. The molecule has 0 saturated heterocycles. The first kappa shape index (κ1) is 20.6. The van der Waals surface area contributed by atoms with Crippen molar-refractivity contribution in [2.24, 2.45) is 0 Å². The first-order valence-corrected chi connectivity index (χ1v) is 10.9. The van der Waals surface area contributed by atoms with Crippen molar-refractivity contribution in [2.75, 3.05) is 17.7 Å². The normalized spacial score (nSPS) is 10.5. The summed E-state index contributed by atoms with van der Waals surface area (Å²) >= 11 is 1.53. The lowest BCUT2D eigenvalue weighted by Crippen LogP contribution is -2.12. The Morgan fingerprint density at radius 3 is 2.61 bits per heavy atom. The van der Waals surface area contributed by atoms with E-state index in [1.807, 2.05) is 84.2 Å². The van der Waals surface area contributed by atoms with Crippen LogP contribution in [0.25, 0.3) is 11.3 Å². The van der Waals surface area contributed by atoms with Gasteiger partial charge in [0.1, 0.15) is 5.75 Å². The summed E-state index contributed by atoms with van der Waals surface area (Å²) in [7, 11) is 1.65. The summed E-state index contributed by atoms with van der Waals surface area (Å²) in [5, 5.41) is 9.09. The van der Waals surface area contributed by atoms with Gasteiger partial charge in [0.15, 0.2) is 5.13 Å². The molecule has 1 amide bonds. The lowest BCUT2D eigenvalue weighted by Gasteiger charge is -2.07. The van der Waals surface area contributed by atoms with E-state index in [1.165, 1.54) is 11.3 Å². The van der Waals surface area contributed by atoms with Gasteiger partial charge in [-0.1, -0.05) is 48.5 Å². The lowest BCUT2D eigenvalue weighted by molar-refractivity contribution is -0.116. The molecule has 0 radical (unpaired) electrons. The molecule has 0 aliphatic heterocycles. The van der Waals surface area contributed by atoms with Crippen molar-refractivity contribution in [3.63, 3.8) is 0 Å². The summed E-state index contributed by atoms with van der Waals surface area (Å²) in [6, 6.07) is 25.5. The molecule has 0 spiro atoms. The molecule has 0 atom stereocenters. The third kappa shape index (κ3) is 5.71. The van der Waals surface area contributed by atoms with Gasteiger partial charge in [-0.3, -0.25) is 4.79 Å². The number of aryl methyl sites for hydroxylation is 1. The van der Waals surface area contributed by atoms with Crippen molar-refractivity contribution in [3.05, 3.63) is 89.8 Å². The van der Waals surface area contributed by atoms with Crippen molar-refractivity contribution >= 4 is 33.8 Å². The highest BCUT2D eigenvalue weighted by atomic mass is 32.1. The number of carbonyl (C=O) groups excluding carboxylic acids is 1. The molecule has 0 saturated carbocycles. The van der Waals surface area contributed by atoms with Gasteiger partial charge in [0.05, 0.1) is 12.8 Å². The minimum absolute atomic E-state index is 0.000313. The number of anilines is 3. The molecule has 1 heterocycles. The molecule has 4 aromatic rings. The Morgan fingerprint density at radius 1 is 0.968 bits per heavy atom. The maximum Gasteiger partial charge on any atom is 0.224 e. The van der Waals surface area contributed by atoms with Gasteiger partial charge < -0.3 is 15.4 Å². The first-order valence-electron chi connectivity index (χ1n) is 10.0.